The highest BCUT2D eigenvalue weighted by Gasteiger charge is 2.75. The van der Waals surface area contributed by atoms with E-state index in [9.17, 15) is 4.79 Å². The summed E-state index contributed by atoms with van der Waals surface area (Å²) in [6, 6.07) is 0. The number of hydrogen-bond acceptors (Lipinski definition) is 4. The Morgan fingerprint density at radius 1 is 1.47 bits per heavy atom. The molecular weight excluding hydrogens is 220 g/mol. The van der Waals surface area contributed by atoms with Gasteiger partial charge in [-0.15, -0.1) is 0 Å². The van der Waals surface area contributed by atoms with Crippen LogP contribution in [0.15, 0.2) is 0 Å². The van der Waals surface area contributed by atoms with Gasteiger partial charge in [-0.2, -0.15) is 0 Å². The fraction of sp³-hybridized carbons (Fsp3) is 0.917. The number of alkyl carbamates (subject to hydrolysis) is 1. The summed E-state index contributed by atoms with van der Waals surface area (Å²) >= 11 is 0. The molecule has 1 saturated carbocycles. The van der Waals surface area contributed by atoms with E-state index in [1.165, 1.54) is 0 Å². The van der Waals surface area contributed by atoms with Crippen molar-refractivity contribution >= 4 is 6.09 Å². The van der Waals surface area contributed by atoms with E-state index >= 15 is 0 Å². The van der Waals surface area contributed by atoms with Crippen molar-refractivity contribution in [1.82, 2.24) is 10.6 Å². The molecule has 2 heterocycles. The van der Waals surface area contributed by atoms with Crippen molar-refractivity contribution in [2.75, 3.05) is 19.7 Å². The quantitative estimate of drug-likeness (QED) is 0.706. The van der Waals surface area contributed by atoms with Crippen LogP contribution >= 0.6 is 0 Å². The van der Waals surface area contributed by atoms with Crippen molar-refractivity contribution in [3.8, 4) is 0 Å². The Morgan fingerprint density at radius 3 is 2.88 bits per heavy atom. The topological polar surface area (TPSA) is 59.6 Å². The van der Waals surface area contributed by atoms with Crippen LogP contribution in [-0.2, 0) is 9.47 Å². The summed E-state index contributed by atoms with van der Waals surface area (Å²) in [5, 5.41) is 6.41. The molecule has 0 aromatic carbocycles. The molecule has 3 aliphatic rings. The van der Waals surface area contributed by atoms with E-state index in [4.69, 9.17) is 9.47 Å². The van der Waals surface area contributed by atoms with Crippen LogP contribution in [-0.4, -0.2) is 43.0 Å². The molecule has 1 amide bonds. The monoisotopic (exact) mass is 240 g/mol. The summed E-state index contributed by atoms with van der Waals surface area (Å²) in [6.07, 6.45) is 1.04. The van der Waals surface area contributed by atoms with Gasteiger partial charge in [-0.3, -0.25) is 0 Å². The van der Waals surface area contributed by atoms with E-state index in [-0.39, 0.29) is 17.0 Å². The third kappa shape index (κ3) is 1.56. The molecule has 0 bridgehead atoms. The van der Waals surface area contributed by atoms with E-state index in [0.717, 1.165) is 19.5 Å². The van der Waals surface area contributed by atoms with Crippen LogP contribution in [0.5, 0.6) is 0 Å². The van der Waals surface area contributed by atoms with Gasteiger partial charge in [0.15, 0.2) is 0 Å². The van der Waals surface area contributed by atoms with Crippen LogP contribution < -0.4 is 10.6 Å². The van der Waals surface area contributed by atoms with Crippen molar-refractivity contribution in [3.05, 3.63) is 0 Å². The van der Waals surface area contributed by atoms with E-state index in [1.54, 1.807) is 0 Å². The minimum absolute atomic E-state index is 0.129. The fourth-order valence-corrected chi connectivity index (χ4v) is 3.17. The van der Waals surface area contributed by atoms with Gasteiger partial charge in [0.25, 0.3) is 0 Å². The average Bonchev–Trinajstić information content (AvgIpc) is 2.61. The molecular formula is C12H20N2O3. The van der Waals surface area contributed by atoms with Gasteiger partial charge in [0.1, 0.15) is 5.60 Å². The predicted molar refractivity (Wildman–Crippen MR) is 61.8 cm³/mol. The maximum atomic E-state index is 11.9. The number of rotatable bonds is 1. The lowest BCUT2D eigenvalue weighted by molar-refractivity contribution is 0.0397. The molecule has 1 spiro atoms. The van der Waals surface area contributed by atoms with Crippen molar-refractivity contribution in [2.45, 2.75) is 44.4 Å². The standard InChI is InChI=1S/C12H20N2O3/c1-10(2,3)17-9(15)14-12-6-13-5-11(12)4-8(11)16-7-12/h8,13H,4-7H2,1-3H3,(H,14,15)/t8-,11?,12?/m0/s1. The molecule has 2 aliphatic heterocycles. The Morgan fingerprint density at radius 2 is 2.24 bits per heavy atom. The van der Waals surface area contributed by atoms with E-state index < -0.39 is 5.60 Å². The lowest BCUT2D eigenvalue weighted by Crippen LogP contribution is -2.57. The van der Waals surface area contributed by atoms with Gasteiger partial charge in [-0.05, 0) is 27.2 Å². The summed E-state index contributed by atoms with van der Waals surface area (Å²) in [7, 11) is 0. The molecule has 1 aliphatic carbocycles. The number of nitrogens with one attached hydrogen (secondary N) is 2. The van der Waals surface area contributed by atoms with Gasteiger partial charge in [-0.25, -0.2) is 4.79 Å². The molecule has 0 aromatic heterocycles. The second kappa shape index (κ2) is 3.14. The van der Waals surface area contributed by atoms with Crippen molar-refractivity contribution < 1.29 is 14.3 Å². The second-order valence-electron chi connectivity index (χ2n) is 6.47. The highest BCUT2D eigenvalue weighted by molar-refractivity contribution is 5.69. The van der Waals surface area contributed by atoms with Gasteiger partial charge >= 0.3 is 6.09 Å². The normalized spacial score (nSPS) is 42.9. The van der Waals surface area contributed by atoms with E-state index in [2.05, 4.69) is 10.6 Å². The van der Waals surface area contributed by atoms with Crippen molar-refractivity contribution in [3.63, 3.8) is 0 Å². The summed E-state index contributed by atoms with van der Waals surface area (Å²) in [6.45, 7) is 7.94. The predicted octanol–water partition coefficient (Wildman–Crippen LogP) is 0.642. The maximum absolute atomic E-state index is 11.9. The Bertz CT molecular complexity index is 361. The van der Waals surface area contributed by atoms with Crippen LogP contribution in [0.2, 0.25) is 0 Å². The first-order valence-electron chi connectivity index (χ1n) is 6.20. The molecule has 2 unspecified atom stereocenters. The number of amides is 1. The Balaban J connectivity index is 1.71. The van der Waals surface area contributed by atoms with E-state index in [1.807, 2.05) is 20.8 Å². The number of hydrogen-bond donors (Lipinski definition) is 2. The molecule has 17 heavy (non-hydrogen) atoms. The van der Waals surface area contributed by atoms with Gasteiger partial charge in [0.2, 0.25) is 0 Å². The zero-order valence-corrected chi connectivity index (χ0v) is 10.6. The number of ether oxygens (including phenoxy) is 2. The third-order valence-electron chi connectivity index (χ3n) is 4.10. The zero-order valence-electron chi connectivity index (χ0n) is 10.6. The Labute approximate surface area is 101 Å². The molecule has 5 nitrogen and oxygen atoms in total. The molecule has 2 saturated heterocycles. The molecule has 2 N–H and O–H groups in total. The molecule has 0 aromatic rings. The lowest BCUT2D eigenvalue weighted by Gasteiger charge is -2.32. The summed E-state index contributed by atoms with van der Waals surface area (Å²) in [5.41, 5.74) is -0.577. The minimum Gasteiger partial charge on any atom is -0.444 e. The highest BCUT2D eigenvalue weighted by Crippen LogP contribution is 2.62. The minimum atomic E-state index is -0.456. The van der Waals surface area contributed by atoms with Gasteiger partial charge < -0.3 is 20.1 Å². The van der Waals surface area contributed by atoms with Crippen LogP contribution in [0.1, 0.15) is 27.2 Å². The van der Waals surface area contributed by atoms with Crippen LogP contribution in [0.4, 0.5) is 4.79 Å². The first-order valence-corrected chi connectivity index (χ1v) is 6.20. The smallest absolute Gasteiger partial charge is 0.408 e. The van der Waals surface area contributed by atoms with Crippen LogP contribution in [0.3, 0.4) is 0 Å². The highest BCUT2D eigenvalue weighted by atomic mass is 16.6. The Kier molecular flexibility index (Phi) is 2.09. The average molecular weight is 240 g/mol. The molecule has 5 heteroatoms. The zero-order chi connectivity index (χ0) is 12.3. The lowest BCUT2D eigenvalue weighted by atomic mass is 9.86. The molecule has 96 valence electrons. The van der Waals surface area contributed by atoms with Gasteiger partial charge in [0.05, 0.1) is 18.2 Å². The first kappa shape index (κ1) is 11.3. The summed E-state index contributed by atoms with van der Waals surface area (Å²) in [4.78, 5) is 11.9. The number of carbonyl (C=O) groups excluding carboxylic acids is 1. The van der Waals surface area contributed by atoms with Gasteiger partial charge in [0, 0.05) is 18.5 Å². The summed E-state index contributed by atoms with van der Waals surface area (Å²) in [5.74, 6) is 0. The number of carbonyl (C=O) groups is 1. The molecule has 3 fully saturated rings. The van der Waals surface area contributed by atoms with Crippen LogP contribution in [0, 0.1) is 5.41 Å². The first-order chi connectivity index (χ1) is 7.87. The van der Waals surface area contributed by atoms with Crippen molar-refractivity contribution in [2.24, 2.45) is 5.41 Å². The Hall–Kier alpha value is -0.810. The molecule has 3 rings (SSSR count). The second-order valence-corrected chi connectivity index (χ2v) is 6.47. The largest absolute Gasteiger partial charge is 0.444 e. The molecule has 0 radical (unpaired) electrons. The molecule has 3 atom stereocenters. The van der Waals surface area contributed by atoms with Crippen molar-refractivity contribution in [1.29, 1.82) is 0 Å². The van der Waals surface area contributed by atoms with E-state index in [0.29, 0.717) is 12.7 Å². The third-order valence-corrected chi connectivity index (χ3v) is 4.10. The van der Waals surface area contributed by atoms with Gasteiger partial charge in [-0.1, -0.05) is 0 Å². The summed E-state index contributed by atoms with van der Waals surface area (Å²) < 4.78 is 11.0. The fourth-order valence-electron chi connectivity index (χ4n) is 3.17. The SMILES string of the molecule is CC(C)(C)OC(=O)NC12CNCC13C[C@@H]3OC2. The van der Waals surface area contributed by atoms with Crippen LogP contribution in [0.25, 0.3) is 0 Å². The maximum Gasteiger partial charge on any atom is 0.408 e.